The lowest BCUT2D eigenvalue weighted by Crippen LogP contribution is -2.12. The third-order valence-electron chi connectivity index (χ3n) is 5.55. The largest absolute Gasteiger partial charge is 0.385 e. The highest BCUT2D eigenvalue weighted by molar-refractivity contribution is 5.79. The van der Waals surface area contributed by atoms with Crippen LogP contribution in [-0.4, -0.2) is 11.5 Å². The number of anilines is 1. The first-order valence-electron chi connectivity index (χ1n) is 9.86. The van der Waals surface area contributed by atoms with E-state index in [-0.39, 0.29) is 0 Å². The summed E-state index contributed by atoms with van der Waals surface area (Å²) in [5.41, 5.74) is 7.90. The van der Waals surface area contributed by atoms with Gasteiger partial charge in [-0.1, -0.05) is 51.1 Å². The Bertz CT molecular complexity index is 927. The van der Waals surface area contributed by atoms with Crippen molar-refractivity contribution in [1.82, 2.24) is 4.98 Å². The predicted octanol–water partition coefficient (Wildman–Crippen LogP) is 6.06. The molecule has 0 aliphatic carbocycles. The minimum Gasteiger partial charge on any atom is -0.385 e. The monoisotopic (exact) mass is 344 g/mol. The van der Waals surface area contributed by atoms with Crippen molar-refractivity contribution in [3.8, 4) is 0 Å². The minimum absolute atomic E-state index is 0.464. The quantitative estimate of drug-likeness (QED) is 0.622. The van der Waals surface area contributed by atoms with Gasteiger partial charge in [-0.15, -0.1) is 0 Å². The highest BCUT2D eigenvalue weighted by Crippen LogP contribution is 2.29. The van der Waals surface area contributed by atoms with Crippen LogP contribution in [0.25, 0.3) is 10.9 Å². The van der Waals surface area contributed by atoms with Gasteiger partial charge >= 0.3 is 0 Å². The van der Waals surface area contributed by atoms with E-state index < -0.39 is 0 Å². The second kappa shape index (κ2) is 7.11. The van der Waals surface area contributed by atoms with Crippen LogP contribution in [0.5, 0.6) is 0 Å². The smallest absolute Gasteiger partial charge is 0.0708 e. The van der Waals surface area contributed by atoms with E-state index in [1.54, 1.807) is 0 Å². The highest BCUT2D eigenvalue weighted by atomic mass is 14.9. The van der Waals surface area contributed by atoms with Gasteiger partial charge in [0, 0.05) is 23.3 Å². The SMILES string of the molecule is CC(C)c1ccc2ccc(CC(C)c3ccc4c(c3)CCCN4)cc2n1. The van der Waals surface area contributed by atoms with Crippen LogP contribution in [0.15, 0.2) is 48.5 Å². The molecule has 134 valence electrons. The number of rotatable bonds is 4. The Morgan fingerprint density at radius 3 is 2.69 bits per heavy atom. The van der Waals surface area contributed by atoms with Crippen molar-refractivity contribution in [2.75, 3.05) is 11.9 Å². The first kappa shape index (κ1) is 17.1. The molecule has 0 saturated heterocycles. The highest BCUT2D eigenvalue weighted by Gasteiger charge is 2.13. The Morgan fingerprint density at radius 2 is 1.85 bits per heavy atom. The molecule has 1 aromatic heterocycles. The fraction of sp³-hybridized carbons (Fsp3) is 0.375. The lowest BCUT2D eigenvalue weighted by Gasteiger charge is -2.21. The Kier molecular flexibility index (Phi) is 4.67. The molecule has 3 aromatic rings. The van der Waals surface area contributed by atoms with Gasteiger partial charge in [0.1, 0.15) is 0 Å². The first-order chi connectivity index (χ1) is 12.6. The number of pyridine rings is 1. The Hall–Kier alpha value is -2.35. The molecule has 4 rings (SSSR count). The molecule has 2 aromatic carbocycles. The van der Waals surface area contributed by atoms with Crippen molar-refractivity contribution in [2.45, 2.75) is 51.9 Å². The molecule has 1 aliphatic rings. The van der Waals surface area contributed by atoms with Crippen molar-refractivity contribution in [1.29, 1.82) is 0 Å². The van der Waals surface area contributed by atoms with Crippen molar-refractivity contribution in [2.24, 2.45) is 0 Å². The summed E-state index contributed by atoms with van der Waals surface area (Å²) in [6.07, 6.45) is 3.48. The topological polar surface area (TPSA) is 24.9 Å². The van der Waals surface area contributed by atoms with Gasteiger partial charge in [0.05, 0.1) is 5.52 Å². The Balaban J connectivity index is 1.58. The van der Waals surface area contributed by atoms with Gasteiger partial charge in [-0.3, -0.25) is 4.98 Å². The third-order valence-corrected chi connectivity index (χ3v) is 5.55. The zero-order valence-corrected chi connectivity index (χ0v) is 16.0. The Morgan fingerprint density at radius 1 is 1.00 bits per heavy atom. The molecule has 1 atom stereocenters. The van der Waals surface area contributed by atoms with Gasteiger partial charge in [0.15, 0.2) is 0 Å². The average Bonchev–Trinajstić information content (AvgIpc) is 2.67. The molecule has 0 fully saturated rings. The van der Waals surface area contributed by atoms with Crippen LogP contribution >= 0.6 is 0 Å². The van der Waals surface area contributed by atoms with Crippen LogP contribution in [0.2, 0.25) is 0 Å². The molecule has 1 aliphatic heterocycles. The third kappa shape index (κ3) is 3.46. The zero-order chi connectivity index (χ0) is 18.1. The summed E-state index contributed by atoms with van der Waals surface area (Å²) in [6, 6.07) is 18.0. The summed E-state index contributed by atoms with van der Waals surface area (Å²) in [5.74, 6) is 0.971. The van der Waals surface area contributed by atoms with Crippen LogP contribution < -0.4 is 5.32 Å². The first-order valence-corrected chi connectivity index (χ1v) is 9.86. The van der Waals surface area contributed by atoms with Gasteiger partial charge in [-0.25, -0.2) is 0 Å². The number of nitrogens with one attached hydrogen (secondary N) is 1. The van der Waals surface area contributed by atoms with Gasteiger partial charge in [0.25, 0.3) is 0 Å². The van der Waals surface area contributed by atoms with E-state index in [9.17, 15) is 0 Å². The standard InChI is InChI=1S/C24H28N2/c1-16(2)22-10-8-19-7-6-18(14-24(19)26-22)13-17(3)20-9-11-23-21(15-20)5-4-12-25-23/h6-11,14-17,25H,4-5,12-13H2,1-3H3. The summed E-state index contributed by atoms with van der Waals surface area (Å²) >= 11 is 0. The number of hydrogen-bond acceptors (Lipinski definition) is 2. The molecule has 0 amide bonds. The fourth-order valence-electron chi connectivity index (χ4n) is 3.90. The van der Waals surface area contributed by atoms with Crippen molar-refractivity contribution in [3.05, 3.63) is 70.9 Å². The molecule has 0 spiro atoms. The summed E-state index contributed by atoms with van der Waals surface area (Å²) < 4.78 is 0. The number of aromatic nitrogens is 1. The maximum absolute atomic E-state index is 4.86. The predicted molar refractivity (Wildman–Crippen MR) is 111 cm³/mol. The molecule has 1 unspecified atom stereocenters. The second-order valence-electron chi connectivity index (χ2n) is 7.97. The summed E-state index contributed by atoms with van der Waals surface area (Å²) in [4.78, 5) is 4.86. The summed E-state index contributed by atoms with van der Waals surface area (Å²) in [6.45, 7) is 7.83. The lowest BCUT2D eigenvalue weighted by atomic mass is 9.90. The van der Waals surface area contributed by atoms with Crippen LogP contribution in [-0.2, 0) is 12.8 Å². The average molecular weight is 345 g/mol. The van der Waals surface area contributed by atoms with Crippen LogP contribution in [0.4, 0.5) is 5.69 Å². The van der Waals surface area contributed by atoms with Gasteiger partial charge in [-0.2, -0.15) is 0 Å². The maximum atomic E-state index is 4.86. The van der Waals surface area contributed by atoms with Crippen molar-refractivity contribution in [3.63, 3.8) is 0 Å². The van der Waals surface area contributed by atoms with E-state index in [0.717, 1.165) is 18.5 Å². The van der Waals surface area contributed by atoms with Crippen molar-refractivity contribution < 1.29 is 0 Å². The molecule has 0 saturated carbocycles. The molecular weight excluding hydrogens is 316 g/mol. The maximum Gasteiger partial charge on any atom is 0.0708 e. The molecule has 1 N–H and O–H groups in total. The number of hydrogen-bond donors (Lipinski definition) is 1. The fourth-order valence-corrected chi connectivity index (χ4v) is 3.90. The molecule has 2 heterocycles. The molecular formula is C24H28N2. The zero-order valence-electron chi connectivity index (χ0n) is 16.0. The van der Waals surface area contributed by atoms with Crippen LogP contribution in [0.1, 0.15) is 61.4 Å². The molecule has 0 radical (unpaired) electrons. The van der Waals surface area contributed by atoms with Crippen LogP contribution in [0.3, 0.4) is 0 Å². The van der Waals surface area contributed by atoms with Gasteiger partial charge < -0.3 is 5.32 Å². The van der Waals surface area contributed by atoms with E-state index in [0.29, 0.717) is 11.8 Å². The second-order valence-corrected chi connectivity index (χ2v) is 7.97. The van der Waals surface area contributed by atoms with E-state index >= 15 is 0 Å². The molecule has 2 nitrogen and oxygen atoms in total. The van der Waals surface area contributed by atoms with E-state index in [1.807, 2.05) is 0 Å². The number of benzene rings is 2. The number of aryl methyl sites for hydroxylation is 1. The van der Waals surface area contributed by atoms with Crippen molar-refractivity contribution >= 4 is 16.6 Å². The Labute approximate surface area is 156 Å². The number of fused-ring (bicyclic) bond motifs is 2. The van der Waals surface area contributed by atoms with Gasteiger partial charge in [0.2, 0.25) is 0 Å². The molecule has 0 bridgehead atoms. The van der Waals surface area contributed by atoms with E-state index in [4.69, 9.17) is 4.98 Å². The van der Waals surface area contributed by atoms with Crippen LogP contribution in [0, 0.1) is 0 Å². The normalized spacial score (nSPS) is 14.9. The summed E-state index contributed by atoms with van der Waals surface area (Å²) in [7, 11) is 0. The molecule has 2 heteroatoms. The molecule has 26 heavy (non-hydrogen) atoms. The summed E-state index contributed by atoms with van der Waals surface area (Å²) in [5, 5.41) is 4.73. The minimum atomic E-state index is 0.464. The van der Waals surface area contributed by atoms with E-state index in [1.165, 1.54) is 46.3 Å². The van der Waals surface area contributed by atoms with E-state index in [2.05, 4.69) is 74.6 Å². The number of nitrogens with zero attached hydrogens (tertiary/aromatic N) is 1. The lowest BCUT2D eigenvalue weighted by molar-refractivity contribution is 0.752. The van der Waals surface area contributed by atoms with Gasteiger partial charge in [-0.05, 0) is 66.0 Å².